The minimum absolute atomic E-state index is 0.000441. The van der Waals surface area contributed by atoms with Gasteiger partial charge in [0.05, 0.1) is 73.8 Å². The molecule has 8 N–H and O–H groups in total. The molecule has 0 bridgehead atoms. The SMILES string of the molecule is Cc1cn([C@H]2C[C@@H](O)[C@@H](CO)O2)c(=O)[nH]c1=O.Cc1cn([C@H]2C[C@@H](O)[C@@H](CO)O2)c(=O)n(Cc2ccccc2[N+](=O)[O-])c1=O.Cc1cn([C@H]2C[C@@H](O)[C@@H](CO[Si](C)(C)C(C)(C)C)O2)c(=O)[nH]c1=O.Cc1cn([C@H]2C[C@@H](O)[C@@H](CO[Si](C)(C)C(C)(C)C)O2)c(=O)n(Cc2ccccc2[N+](=O)[O-])c1=O. The van der Waals surface area contributed by atoms with Crippen LogP contribution in [-0.4, -0.2) is 170 Å². The number of nitro benzene ring substituents is 2. The highest BCUT2D eigenvalue weighted by molar-refractivity contribution is 6.74. The zero-order valence-electron chi connectivity index (χ0n) is 59.5. The van der Waals surface area contributed by atoms with Crippen LogP contribution in [0.2, 0.25) is 36.3 Å². The van der Waals surface area contributed by atoms with Crippen LogP contribution in [0.4, 0.5) is 11.4 Å². The van der Waals surface area contributed by atoms with E-state index in [0.717, 1.165) is 9.13 Å². The predicted octanol–water partition coefficient (Wildman–Crippen LogP) is 2.86. The first kappa shape index (κ1) is 81.2. The second-order valence-corrected chi connectivity index (χ2v) is 38.4. The van der Waals surface area contributed by atoms with Gasteiger partial charge in [0.2, 0.25) is 0 Å². The summed E-state index contributed by atoms with van der Waals surface area (Å²) in [4.78, 5) is 123. The lowest BCUT2D eigenvalue weighted by Gasteiger charge is -2.37. The number of hydrogen-bond donors (Lipinski definition) is 8. The molecule has 0 saturated carbocycles. The lowest BCUT2D eigenvalue weighted by molar-refractivity contribution is -0.385. The lowest BCUT2D eigenvalue weighted by Crippen LogP contribution is -2.44. The molecule has 10 rings (SSSR count). The van der Waals surface area contributed by atoms with Crippen molar-refractivity contribution in [3.8, 4) is 0 Å². The standard InChI is InChI=1S/C23H33N3O7Si.C17H19N3O7.C16H28N2O5Si.C10H14N2O5/c1-15-12-24(20-11-18(27)19(33-20)14-32-34(5,6)23(2,3)4)22(29)25(21(15)28)13-16-9-7-8-10-17(16)26(30)31;1-10-7-18(15-6-13(22)14(9-21)27-15)17(24)19(16(10)23)8-11-4-2-3-5-12(11)20(25)26;1-10-8-18(15(21)17-14(10)20)13-7-11(19)12(23-13)9-22-24(5,6)16(2,3)4;1-5-3-12(10(16)11-9(5)15)8-2-6(14)7(4-13)17-8/h7-10,12,18-20,27H,11,13-14H2,1-6H3;2-5,7,13-15,21-22H,6,8-9H2,1H3;8,11-13,19H,7,9H2,1-6H3,(H,17,20,21);3,6-8,13-14H,2,4H2,1H3,(H,11,15,16)/t18-,19-,20-;13-,14-,15-;11-,12-,13-;6-,7-,8-/m1111/s1. The summed E-state index contributed by atoms with van der Waals surface area (Å²) in [5, 5.41) is 81.1. The van der Waals surface area contributed by atoms with Crippen molar-refractivity contribution in [3.05, 3.63) is 210 Å². The van der Waals surface area contributed by atoms with E-state index in [0.29, 0.717) is 17.7 Å². The fourth-order valence-electron chi connectivity index (χ4n) is 11.0. The number of hydrogen-bond acceptors (Lipinski definition) is 24. The van der Waals surface area contributed by atoms with E-state index < -0.39 is 152 Å². The van der Waals surface area contributed by atoms with Crippen molar-refractivity contribution < 1.29 is 68.3 Å². The van der Waals surface area contributed by atoms with Gasteiger partial charge in [-0.25, -0.2) is 19.2 Å². The summed E-state index contributed by atoms with van der Waals surface area (Å²) >= 11 is 0. The number of benzene rings is 2. The van der Waals surface area contributed by atoms with Gasteiger partial charge in [-0.1, -0.05) is 77.9 Å². The van der Waals surface area contributed by atoms with Crippen molar-refractivity contribution in [2.75, 3.05) is 26.4 Å². The van der Waals surface area contributed by atoms with Gasteiger partial charge in [-0.15, -0.1) is 0 Å². The van der Waals surface area contributed by atoms with Gasteiger partial charge in [0, 0.05) is 96.0 Å². The first-order chi connectivity index (χ1) is 47.5. The molecule has 4 saturated heterocycles. The maximum absolute atomic E-state index is 13.2. The Labute approximate surface area is 586 Å². The summed E-state index contributed by atoms with van der Waals surface area (Å²) in [5.41, 5.74) is -2.97. The van der Waals surface area contributed by atoms with Crippen LogP contribution < -0.4 is 45.0 Å². The van der Waals surface area contributed by atoms with Crippen LogP contribution in [0.5, 0.6) is 0 Å². The number of ether oxygens (including phenoxy) is 4. The largest absolute Gasteiger partial charge is 0.414 e. The van der Waals surface area contributed by atoms with E-state index >= 15 is 0 Å². The number of aliphatic hydroxyl groups excluding tert-OH is 6. The minimum Gasteiger partial charge on any atom is -0.414 e. The quantitative estimate of drug-likeness (QED) is 0.0348. The molecule has 8 heterocycles. The fourth-order valence-corrected chi connectivity index (χ4v) is 13.0. The van der Waals surface area contributed by atoms with Gasteiger partial charge < -0.3 is 58.4 Å². The maximum atomic E-state index is 13.2. The monoisotopic (exact) mass is 1470 g/mol. The van der Waals surface area contributed by atoms with Gasteiger partial charge in [0.25, 0.3) is 33.6 Å². The summed E-state index contributed by atoms with van der Waals surface area (Å²) in [6.45, 7) is 26.9. The molecule has 0 aliphatic carbocycles. The summed E-state index contributed by atoms with van der Waals surface area (Å²) in [5.74, 6) is 0. The maximum Gasteiger partial charge on any atom is 0.333 e. The zero-order valence-corrected chi connectivity index (χ0v) is 61.5. The number of nitrogens with zero attached hydrogens (tertiary/aromatic N) is 8. The van der Waals surface area contributed by atoms with E-state index in [1.807, 2.05) is 0 Å². The molecule has 102 heavy (non-hydrogen) atoms. The number of aromatic nitrogens is 8. The van der Waals surface area contributed by atoms with Crippen LogP contribution in [0.1, 0.15) is 126 Å². The summed E-state index contributed by atoms with van der Waals surface area (Å²) in [6.07, 6.45) is -2.48. The average Bonchev–Trinajstić information content (AvgIpc) is 1.31. The molecule has 0 spiro atoms. The molecule has 34 nitrogen and oxygen atoms in total. The van der Waals surface area contributed by atoms with Crippen LogP contribution in [0, 0.1) is 47.9 Å². The molecule has 6 aromatic rings. The van der Waals surface area contributed by atoms with Gasteiger partial charge in [-0.3, -0.25) is 76.8 Å². The third kappa shape index (κ3) is 19.0. The highest BCUT2D eigenvalue weighted by Crippen LogP contribution is 2.40. The van der Waals surface area contributed by atoms with Crippen molar-refractivity contribution in [1.82, 2.24) is 37.4 Å². The van der Waals surface area contributed by atoms with Gasteiger partial charge in [0.1, 0.15) is 49.3 Å². The van der Waals surface area contributed by atoms with E-state index in [9.17, 15) is 84.1 Å². The predicted molar refractivity (Wildman–Crippen MR) is 375 cm³/mol. The van der Waals surface area contributed by atoms with Crippen LogP contribution in [0.25, 0.3) is 0 Å². The molecule has 0 amide bonds. The number of H-pyrrole nitrogens is 2. The van der Waals surface area contributed by atoms with Gasteiger partial charge in [0.15, 0.2) is 16.6 Å². The van der Waals surface area contributed by atoms with Crippen LogP contribution in [-0.2, 0) is 40.9 Å². The third-order valence-corrected chi connectivity index (χ3v) is 28.3. The number of rotatable bonds is 18. The Morgan fingerprint density at radius 1 is 0.480 bits per heavy atom. The average molecular weight is 1470 g/mol. The van der Waals surface area contributed by atoms with E-state index in [4.69, 9.17) is 32.9 Å². The number of nitro groups is 2. The summed E-state index contributed by atoms with van der Waals surface area (Å²) in [6, 6.07) is 11.9. The number of aromatic amines is 2. The first-order valence-corrected chi connectivity index (χ1v) is 38.9. The molecule has 4 aliphatic rings. The highest BCUT2D eigenvalue weighted by atomic mass is 28.4. The number of para-hydroxylation sites is 2. The Hall–Kier alpha value is -8.09. The van der Waals surface area contributed by atoms with E-state index in [1.165, 1.54) is 86.4 Å². The molecule has 0 radical (unpaired) electrons. The second kappa shape index (κ2) is 33.1. The molecule has 2 aromatic carbocycles. The molecule has 4 aromatic heterocycles. The van der Waals surface area contributed by atoms with E-state index in [2.05, 4.69) is 77.7 Å². The van der Waals surface area contributed by atoms with E-state index in [1.54, 1.807) is 32.9 Å². The number of nitrogens with one attached hydrogen (secondary N) is 2. The Morgan fingerprint density at radius 3 is 1.06 bits per heavy atom. The molecular weight excluding hydrogens is 1370 g/mol. The fraction of sp³-hybridized carbons (Fsp3) is 0.576. The van der Waals surface area contributed by atoms with Crippen molar-refractivity contribution in [1.29, 1.82) is 0 Å². The molecule has 12 atom stereocenters. The normalized spacial score (nSPS) is 23.6. The van der Waals surface area contributed by atoms with Crippen LogP contribution in [0.3, 0.4) is 0 Å². The molecule has 4 aliphatic heterocycles. The van der Waals surface area contributed by atoms with Gasteiger partial charge in [-0.2, -0.15) is 0 Å². The zero-order chi connectivity index (χ0) is 76.0. The Morgan fingerprint density at radius 2 is 0.765 bits per heavy atom. The second-order valence-electron chi connectivity index (χ2n) is 28.8. The Kier molecular flexibility index (Phi) is 26.4. The summed E-state index contributed by atoms with van der Waals surface area (Å²) in [7, 11) is -4.00. The molecular formula is C66H94N10O24Si2. The number of aliphatic hydroxyl groups is 6. The molecule has 0 unspecified atom stereocenters. The smallest absolute Gasteiger partial charge is 0.333 e. The van der Waals surface area contributed by atoms with Crippen molar-refractivity contribution in [2.45, 2.75) is 218 Å². The van der Waals surface area contributed by atoms with Crippen molar-refractivity contribution in [3.63, 3.8) is 0 Å². The van der Waals surface area contributed by atoms with Crippen molar-refractivity contribution in [2.24, 2.45) is 0 Å². The Balaban J connectivity index is 0.000000196. The lowest BCUT2D eigenvalue weighted by atomic mass is 10.1. The van der Waals surface area contributed by atoms with Crippen LogP contribution >= 0.6 is 0 Å². The molecule has 36 heteroatoms. The molecule has 4 fully saturated rings. The number of aryl methyl sites for hydroxylation is 4. The topological polar surface area (TPSA) is 461 Å². The minimum atomic E-state index is -2.06. The highest BCUT2D eigenvalue weighted by Gasteiger charge is 2.44. The molecule has 560 valence electrons. The summed E-state index contributed by atoms with van der Waals surface area (Å²) < 4.78 is 41.8. The van der Waals surface area contributed by atoms with Crippen molar-refractivity contribution >= 4 is 28.0 Å². The Bertz CT molecular complexity index is 4490. The van der Waals surface area contributed by atoms with Crippen LogP contribution in [0.15, 0.2) is 112 Å². The third-order valence-electron chi connectivity index (χ3n) is 19.3. The first-order valence-electron chi connectivity index (χ1n) is 33.1. The van der Waals surface area contributed by atoms with Gasteiger partial charge in [-0.05, 0) is 64.0 Å². The van der Waals surface area contributed by atoms with E-state index in [-0.39, 0.29) is 95.7 Å². The van der Waals surface area contributed by atoms with Gasteiger partial charge >= 0.3 is 22.8 Å².